The normalized spacial score (nSPS) is 23.1. The molecule has 1 unspecified atom stereocenters. The van der Waals surface area contributed by atoms with Crippen LogP contribution in [0.3, 0.4) is 0 Å². The van der Waals surface area contributed by atoms with Crippen LogP contribution in [0, 0.1) is 5.92 Å². The molecule has 0 aromatic rings. The van der Waals surface area contributed by atoms with E-state index in [4.69, 9.17) is 5.11 Å². The van der Waals surface area contributed by atoms with Gasteiger partial charge in [0, 0.05) is 11.5 Å². The van der Waals surface area contributed by atoms with E-state index < -0.39 is 0 Å². The lowest BCUT2D eigenvalue weighted by Crippen LogP contribution is -2.14. The summed E-state index contributed by atoms with van der Waals surface area (Å²) < 4.78 is 4.55. The van der Waals surface area contributed by atoms with Crippen molar-refractivity contribution in [2.24, 2.45) is 5.92 Å². The number of rotatable bonds is 2. The molecule has 11 heavy (non-hydrogen) atoms. The van der Waals surface area contributed by atoms with E-state index in [1.54, 1.807) is 0 Å². The summed E-state index contributed by atoms with van der Waals surface area (Å²) in [5.74, 6) is -0.302. The Morgan fingerprint density at radius 3 is 3.18 bits per heavy atom. The van der Waals surface area contributed by atoms with Crippen molar-refractivity contribution < 1.29 is 14.6 Å². The molecule has 0 saturated carbocycles. The third-order valence-corrected chi connectivity index (χ3v) is 1.96. The topological polar surface area (TPSA) is 46.5 Å². The summed E-state index contributed by atoms with van der Waals surface area (Å²) in [6.07, 6.45) is 3.57. The maximum Gasteiger partial charge on any atom is 0.333 e. The van der Waals surface area contributed by atoms with E-state index in [1.807, 2.05) is 6.08 Å². The SMILES string of the molecule is COC(=O)C1=CCCC1CO. The van der Waals surface area contributed by atoms with Crippen LogP contribution in [-0.2, 0) is 9.53 Å². The Labute approximate surface area is 65.7 Å². The molecule has 3 heteroatoms. The summed E-state index contributed by atoms with van der Waals surface area (Å²) in [6.45, 7) is 0.0426. The molecule has 1 rings (SSSR count). The van der Waals surface area contributed by atoms with Gasteiger partial charge in [0.05, 0.1) is 13.7 Å². The zero-order chi connectivity index (χ0) is 8.27. The number of esters is 1. The van der Waals surface area contributed by atoms with Crippen LogP contribution in [0.25, 0.3) is 0 Å². The molecule has 62 valence electrons. The lowest BCUT2D eigenvalue weighted by atomic mass is 10.0. The number of methoxy groups -OCH3 is 1. The van der Waals surface area contributed by atoms with Crippen molar-refractivity contribution in [2.75, 3.05) is 13.7 Å². The predicted octanol–water partition coefficient (Wildman–Crippen LogP) is 0.488. The summed E-state index contributed by atoms with van der Waals surface area (Å²) in [4.78, 5) is 11.0. The van der Waals surface area contributed by atoms with Crippen LogP contribution >= 0.6 is 0 Å². The second kappa shape index (κ2) is 3.53. The van der Waals surface area contributed by atoms with Gasteiger partial charge in [-0.1, -0.05) is 6.08 Å². The molecule has 0 aliphatic heterocycles. The minimum atomic E-state index is -0.304. The zero-order valence-corrected chi connectivity index (χ0v) is 6.54. The van der Waals surface area contributed by atoms with Crippen LogP contribution in [0.1, 0.15) is 12.8 Å². The van der Waals surface area contributed by atoms with Gasteiger partial charge in [0.2, 0.25) is 0 Å². The van der Waals surface area contributed by atoms with E-state index in [2.05, 4.69) is 4.74 Å². The first-order valence-corrected chi connectivity index (χ1v) is 3.68. The number of aliphatic hydroxyl groups excluding tert-OH is 1. The first-order chi connectivity index (χ1) is 5.29. The van der Waals surface area contributed by atoms with Gasteiger partial charge in [0.1, 0.15) is 0 Å². The summed E-state index contributed by atoms with van der Waals surface area (Å²) in [5, 5.41) is 8.83. The molecule has 0 aromatic carbocycles. The van der Waals surface area contributed by atoms with Crippen molar-refractivity contribution in [3.05, 3.63) is 11.6 Å². The van der Waals surface area contributed by atoms with Crippen molar-refractivity contribution in [2.45, 2.75) is 12.8 Å². The van der Waals surface area contributed by atoms with Gasteiger partial charge in [-0.2, -0.15) is 0 Å². The van der Waals surface area contributed by atoms with E-state index >= 15 is 0 Å². The highest BCUT2D eigenvalue weighted by molar-refractivity contribution is 5.89. The average molecular weight is 156 g/mol. The Bertz CT molecular complexity index is 184. The maximum atomic E-state index is 11.0. The van der Waals surface area contributed by atoms with Crippen LogP contribution in [0.15, 0.2) is 11.6 Å². The van der Waals surface area contributed by atoms with Gasteiger partial charge >= 0.3 is 5.97 Å². The summed E-state index contributed by atoms with van der Waals surface area (Å²) >= 11 is 0. The van der Waals surface area contributed by atoms with E-state index in [1.165, 1.54) is 7.11 Å². The lowest BCUT2D eigenvalue weighted by molar-refractivity contribution is -0.136. The number of allylic oxidation sites excluding steroid dienone is 1. The molecule has 3 nitrogen and oxygen atoms in total. The standard InChI is InChI=1S/C8H12O3/c1-11-8(10)7-4-2-3-6(7)5-9/h4,6,9H,2-3,5H2,1H3. The minimum absolute atomic E-state index is 0.00227. The van der Waals surface area contributed by atoms with Crippen LogP contribution in [-0.4, -0.2) is 24.8 Å². The predicted molar refractivity (Wildman–Crippen MR) is 39.9 cm³/mol. The molecule has 0 radical (unpaired) electrons. The Morgan fingerprint density at radius 2 is 2.64 bits per heavy atom. The number of carbonyl (C=O) groups excluding carboxylic acids is 1. The Kier molecular flexibility index (Phi) is 2.65. The molecule has 0 saturated heterocycles. The summed E-state index contributed by atoms with van der Waals surface area (Å²) in [5.41, 5.74) is 0.634. The molecule has 1 atom stereocenters. The van der Waals surface area contributed by atoms with Gasteiger partial charge in [-0.25, -0.2) is 4.79 Å². The highest BCUT2D eigenvalue weighted by Crippen LogP contribution is 2.25. The van der Waals surface area contributed by atoms with Crippen molar-refractivity contribution in [3.63, 3.8) is 0 Å². The fraction of sp³-hybridized carbons (Fsp3) is 0.625. The van der Waals surface area contributed by atoms with Gasteiger partial charge in [-0.15, -0.1) is 0 Å². The van der Waals surface area contributed by atoms with Gasteiger partial charge in [0.25, 0.3) is 0 Å². The minimum Gasteiger partial charge on any atom is -0.466 e. The largest absolute Gasteiger partial charge is 0.466 e. The molecule has 1 N–H and O–H groups in total. The van der Waals surface area contributed by atoms with Gasteiger partial charge in [-0.05, 0) is 12.8 Å². The van der Waals surface area contributed by atoms with E-state index in [0.717, 1.165) is 12.8 Å². The highest BCUT2D eigenvalue weighted by Gasteiger charge is 2.24. The quantitative estimate of drug-likeness (QED) is 0.592. The molecule has 0 spiro atoms. The number of aliphatic hydroxyl groups is 1. The molecule has 1 aliphatic rings. The molecule has 0 aromatic heterocycles. The first-order valence-electron chi connectivity index (χ1n) is 3.68. The fourth-order valence-electron chi connectivity index (χ4n) is 1.32. The fourth-order valence-corrected chi connectivity index (χ4v) is 1.32. The third-order valence-electron chi connectivity index (χ3n) is 1.96. The van der Waals surface area contributed by atoms with E-state index in [-0.39, 0.29) is 18.5 Å². The number of hydrogen-bond acceptors (Lipinski definition) is 3. The first kappa shape index (κ1) is 8.27. The second-order valence-electron chi connectivity index (χ2n) is 2.61. The van der Waals surface area contributed by atoms with Gasteiger partial charge in [-0.3, -0.25) is 0 Å². The molecule has 0 bridgehead atoms. The number of carbonyl (C=O) groups is 1. The third kappa shape index (κ3) is 1.60. The Morgan fingerprint density at radius 1 is 1.91 bits per heavy atom. The molecular weight excluding hydrogens is 144 g/mol. The van der Waals surface area contributed by atoms with Crippen LogP contribution in [0.4, 0.5) is 0 Å². The lowest BCUT2D eigenvalue weighted by Gasteiger charge is -2.08. The molecular formula is C8H12O3. The molecule has 0 heterocycles. The Hall–Kier alpha value is -0.830. The zero-order valence-electron chi connectivity index (χ0n) is 6.54. The monoisotopic (exact) mass is 156 g/mol. The van der Waals surface area contributed by atoms with Crippen molar-refractivity contribution >= 4 is 5.97 Å². The van der Waals surface area contributed by atoms with Crippen LogP contribution in [0.2, 0.25) is 0 Å². The number of ether oxygens (including phenoxy) is 1. The van der Waals surface area contributed by atoms with Crippen molar-refractivity contribution in [3.8, 4) is 0 Å². The van der Waals surface area contributed by atoms with Gasteiger partial charge < -0.3 is 9.84 Å². The highest BCUT2D eigenvalue weighted by atomic mass is 16.5. The van der Waals surface area contributed by atoms with Crippen LogP contribution in [0.5, 0.6) is 0 Å². The summed E-state index contributed by atoms with van der Waals surface area (Å²) in [7, 11) is 1.36. The molecule has 0 fully saturated rings. The number of hydrogen-bond donors (Lipinski definition) is 1. The van der Waals surface area contributed by atoms with Crippen molar-refractivity contribution in [1.29, 1.82) is 0 Å². The molecule has 1 aliphatic carbocycles. The van der Waals surface area contributed by atoms with E-state index in [0.29, 0.717) is 5.57 Å². The second-order valence-corrected chi connectivity index (χ2v) is 2.61. The average Bonchev–Trinajstić information content (AvgIpc) is 2.50. The smallest absolute Gasteiger partial charge is 0.333 e. The van der Waals surface area contributed by atoms with Gasteiger partial charge in [0.15, 0.2) is 0 Å². The van der Waals surface area contributed by atoms with Crippen molar-refractivity contribution in [1.82, 2.24) is 0 Å². The van der Waals surface area contributed by atoms with Crippen LogP contribution < -0.4 is 0 Å². The maximum absolute atomic E-state index is 11.0. The van der Waals surface area contributed by atoms with E-state index in [9.17, 15) is 4.79 Å². The Balaban J connectivity index is 2.62. The molecule has 0 amide bonds. The summed E-state index contributed by atoms with van der Waals surface area (Å²) in [6, 6.07) is 0.